The van der Waals surface area contributed by atoms with Crippen molar-refractivity contribution in [3.8, 4) is 11.3 Å². The van der Waals surface area contributed by atoms with Gasteiger partial charge in [0, 0.05) is 42.5 Å². The molecule has 34 heavy (non-hydrogen) atoms. The van der Waals surface area contributed by atoms with Crippen LogP contribution in [-0.2, 0) is 9.53 Å². The fraction of sp³-hybridized carbons (Fsp3) is 0.200. The van der Waals surface area contributed by atoms with Crippen LogP contribution >= 0.6 is 0 Å². The maximum Gasteiger partial charge on any atom is 0.270 e. The summed E-state index contributed by atoms with van der Waals surface area (Å²) in [7, 11) is 0. The fourth-order valence-electron chi connectivity index (χ4n) is 3.55. The zero-order valence-electron chi connectivity index (χ0n) is 18.2. The Bertz CT molecular complexity index is 1210. The largest absolute Gasteiger partial charge is 0.457 e. The van der Waals surface area contributed by atoms with Gasteiger partial charge in [-0.05, 0) is 37.1 Å². The van der Waals surface area contributed by atoms with Gasteiger partial charge in [0.15, 0.2) is 0 Å². The lowest BCUT2D eigenvalue weighted by Gasteiger charge is -2.13. The highest BCUT2D eigenvalue weighted by atomic mass is 16.6. The number of amides is 2. The van der Waals surface area contributed by atoms with Crippen LogP contribution in [0.4, 0.5) is 5.69 Å². The summed E-state index contributed by atoms with van der Waals surface area (Å²) in [6, 6.07) is 17.8. The van der Waals surface area contributed by atoms with E-state index in [9.17, 15) is 19.7 Å². The smallest absolute Gasteiger partial charge is 0.270 e. The number of rotatable bonds is 8. The lowest BCUT2D eigenvalue weighted by atomic mass is 10.1. The summed E-state index contributed by atoms with van der Waals surface area (Å²) in [5.74, 6) is -0.224. The summed E-state index contributed by atoms with van der Waals surface area (Å²) in [4.78, 5) is 36.2. The molecule has 0 radical (unpaired) electrons. The standard InChI is InChI=1S/C25H23N3O6/c29-24(17-6-2-1-3-7-17)27-22(25(30)26-16-21-10-5-13-33-21)15-20-11-12-23(34-20)18-8-4-9-19(14-18)28(31)32/h1-4,6-9,11-12,14-15,21H,5,10,13,16H2,(H,26,30)(H,27,29). The molecule has 0 saturated carbocycles. The molecule has 1 atom stereocenters. The molecule has 2 amide bonds. The quantitative estimate of drug-likeness (QED) is 0.298. The van der Waals surface area contributed by atoms with Gasteiger partial charge in [-0.3, -0.25) is 19.7 Å². The van der Waals surface area contributed by atoms with E-state index in [0.717, 1.165) is 12.8 Å². The molecule has 3 aromatic rings. The average molecular weight is 461 g/mol. The zero-order chi connectivity index (χ0) is 23.9. The minimum atomic E-state index is -0.483. The van der Waals surface area contributed by atoms with Gasteiger partial charge in [0.2, 0.25) is 0 Å². The van der Waals surface area contributed by atoms with E-state index in [2.05, 4.69) is 10.6 Å². The van der Waals surface area contributed by atoms with Crippen LogP contribution in [0.5, 0.6) is 0 Å². The second-order valence-corrected chi connectivity index (χ2v) is 7.73. The van der Waals surface area contributed by atoms with Gasteiger partial charge in [0.25, 0.3) is 17.5 Å². The predicted molar refractivity (Wildman–Crippen MR) is 125 cm³/mol. The summed E-state index contributed by atoms with van der Waals surface area (Å²) in [6.07, 6.45) is 3.17. The van der Waals surface area contributed by atoms with E-state index >= 15 is 0 Å². The van der Waals surface area contributed by atoms with Gasteiger partial charge in [0.05, 0.1) is 11.0 Å². The van der Waals surface area contributed by atoms with Crippen LogP contribution in [0, 0.1) is 10.1 Å². The number of nitro groups is 1. The van der Waals surface area contributed by atoms with Crippen LogP contribution in [0.25, 0.3) is 17.4 Å². The third-order valence-corrected chi connectivity index (χ3v) is 5.30. The van der Waals surface area contributed by atoms with Crippen LogP contribution in [0.15, 0.2) is 76.8 Å². The molecule has 1 aliphatic heterocycles. The van der Waals surface area contributed by atoms with E-state index in [0.29, 0.717) is 35.8 Å². The fourth-order valence-corrected chi connectivity index (χ4v) is 3.55. The molecule has 0 spiro atoms. The molecule has 1 unspecified atom stereocenters. The van der Waals surface area contributed by atoms with Crippen molar-refractivity contribution in [1.82, 2.24) is 10.6 Å². The molecule has 4 rings (SSSR count). The van der Waals surface area contributed by atoms with Crippen molar-refractivity contribution >= 4 is 23.6 Å². The van der Waals surface area contributed by atoms with Crippen LogP contribution in [-0.4, -0.2) is 36.0 Å². The summed E-state index contributed by atoms with van der Waals surface area (Å²) in [6.45, 7) is 0.995. The normalized spacial score (nSPS) is 15.6. The molecule has 9 heteroatoms. The predicted octanol–water partition coefficient (Wildman–Crippen LogP) is 3.92. The molecular weight excluding hydrogens is 438 g/mol. The number of nitro benzene ring substituents is 1. The maximum absolute atomic E-state index is 12.9. The molecule has 1 saturated heterocycles. The first-order valence-corrected chi connectivity index (χ1v) is 10.8. The van der Waals surface area contributed by atoms with Crippen molar-refractivity contribution in [2.24, 2.45) is 0 Å². The van der Waals surface area contributed by atoms with Gasteiger partial charge in [-0.15, -0.1) is 0 Å². The van der Waals surface area contributed by atoms with Gasteiger partial charge in [-0.1, -0.05) is 30.3 Å². The summed E-state index contributed by atoms with van der Waals surface area (Å²) in [5, 5.41) is 16.5. The van der Waals surface area contributed by atoms with Gasteiger partial charge < -0.3 is 19.8 Å². The first kappa shape index (κ1) is 22.9. The minimum absolute atomic E-state index is 0.00629. The lowest BCUT2D eigenvalue weighted by molar-refractivity contribution is -0.384. The van der Waals surface area contributed by atoms with E-state index < -0.39 is 16.7 Å². The summed E-state index contributed by atoms with van der Waals surface area (Å²) >= 11 is 0. The van der Waals surface area contributed by atoms with Gasteiger partial charge >= 0.3 is 0 Å². The molecule has 0 aliphatic carbocycles. The third-order valence-electron chi connectivity index (χ3n) is 5.30. The van der Waals surface area contributed by atoms with Crippen LogP contribution in [0.1, 0.15) is 29.0 Å². The molecule has 2 N–H and O–H groups in total. The molecular formula is C25H23N3O6. The summed E-state index contributed by atoms with van der Waals surface area (Å²) < 4.78 is 11.3. The highest BCUT2D eigenvalue weighted by Crippen LogP contribution is 2.26. The molecule has 2 aromatic carbocycles. The van der Waals surface area contributed by atoms with Crippen molar-refractivity contribution in [2.75, 3.05) is 13.2 Å². The van der Waals surface area contributed by atoms with Crippen molar-refractivity contribution in [2.45, 2.75) is 18.9 Å². The van der Waals surface area contributed by atoms with E-state index in [-0.39, 0.29) is 17.5 Å². The number of carbonyl (C=O) groups is 2. The number of furan rings is 1. The van der Waals surface area contributed by atoms with Gasteiger partial charge in [-0.25, -0.2) is 0 Å². The van der Waals surface area contributed by atoms with E-state index in [1.165, 1.54) is 18.2 Å². The highest BCUT2D eigenvalue weighted by Gasteiger charge is 2.20. The highest BCUT2D eigenvalue weighted by molar-refractivity contribution is 6.05. The van der Waals surface area contributed by atoms with Crippen LogP contribution in [0.3, 0.4) is 0 Å². The van der Waals surface area contributed by atoms with E-state index in [4.69, 9.17) is 9.15 Å². The molecule has 1 aliphatic rings. The van der Waals surface area contributed by atoms with Gasteiger partial charge in [-0.2, -0.15) is 0 Å². The Balaban J connectivity index is 1.56. The third kappa shape index (κ3) is 5.76. The average Bonchev–Trinajstić information content (AvgIpc) is 3.55. The lowest BCUT2D eigenvalue weighted by Crippen LogP contribution is -2.38. The molecule has 0 bridgehead atoms. The van der Waals surface area contributed by atoms with Crippen molar-refractivity contribution < 1.29 is 23.7 Å². The molecule has 9 nitrogen and oxygen atoms in total. The maximum atomic E-state index is 12.9. The van der Waals surface area contributed by atoms with E-state index in [1.54, 1.807) is 54.6 Å². The Kier molecular flexibility index (Phi) is 7.14. The Morgan fingerprint density at radius 2 is 1.91 bits per heavy atom. The number of carbonyl (C=O) groups excluding carboxylic acids is 2. The number of ether oxygens (including phenoxy) is 1. The zero-order valence-corrected chi connectivity index (χ0v) is 18.2. The first-order valence-electron chi connectivity index (χ1n) is 10.8. The molecule has 174 valence electrons. The molecule has 1 aromatic heterocycles. The number of benzene rings is 2. The van der Waals surface area contributed by atoms with Crippen LogP contribution in [0.2, 0.25) is 0 Å². The van der Waals surface area contributed by atoms with Crippen molar-refractivity contribution in [3.63, 3.8) is 0 Å². The summed E-state index contributed by atoms with van der Waals surface area (Å²) in [5.41, 5.74) is 0.866. The first-order chi connectivity index (χ1) is 16.5. The Labute approximate surface area is 195 Å². The van der Waals surface area contributed by atoms with E-state index in [1.807, 2.05) is 0 Å². The topological polar surface area (TPSA) is 124 Å². The number of non-ortho nitro benzene ring substituents is 1. The second kappa shape index (κ2) is 10.6. The Hall–Kier alpha value is -4.24. The number of hydrogen-bond donors (Lipinski definition) is 2. The van der Waals surface area contributed by atoms with Crippen molar-refractivity contribution in [3.05, 3.63) is 93.9 Å². The molecule has 2 heterocycles. The van der Waals surface area contributed by atoms with Crippen molar-refractivity contribution in [1.29, 1.82) is 0 Å². The Morgan fingerprint density at radius 1 is 1.09 bits per heavy atom. The van der Waals surface area contributed by atoms with Crippen LogP contribution < -0.4 is 10.6 Å². The number of nitrogens with one attached hydrogen (secondary N) is 2. The minimum Gasteiger partial charge on any atom is -0.457 e. The molecule has 1 fully saturated rings. The number of hydrogen-bond acceptors (Lipinski definition) is 6. The monoisotopic (exact) mass is 461 g/mol. The number of nitrogens with zero attached hydrogens (tertiary/aromatic N) is 1. The second-order valence-electron chi connectivity index (χ2n) is 7.73. The Morgan fingerprint density at radius 3 is 2.65 bits per heavy atom. The SMILES string of the molecule is O=C(NCC1CCCO1)C(=Cc1ccc(-c2cccc([N+](=O)[O-])c2)o1)NC(=O)c1ccccc1. The van der Waals surface area contributed by atoms with Gasteiger partial charge in [0.1, 0.15) is 17.2 Å².